The van der Waals surface area contributed by atoms with E-state index in [1.54, 1.807) is 11.6 Å². The molecular weight excluding hydrogens is 170 g/mol. The monoisotopic (exact) mass is 187 g/mol. The molecule has 0 fully saturated rings. The van der Waals surface area contributed by atoms with Crippen LogP contribution in [0.15, 0.2) is 48.4 Å². The Morgan fingerprint density at radius 1 is 0.929 bits per heavy atom. The van der Waals surface area contributed by atoms with Crippen molar-refractivity contribution < 1.29 is 8.22 Å². The second kappa shape index (κ2) is 2.61. The van der Waals surface area contributed by atoms with Crippen molar-refractivity contribution in [2.75, 3.05) is 0 Å². The van der Waals surface area contributed by atoms with Crippen LogP contribution in [0.1, 0.15) is 8.22 Å². The van der Waals surface area contributed by atoms with E-state index in [0.29, 0.717) is 21.8 Å². The summed E-state index contributed by atoms with van der Waals surface area (Å²) in [5.41, 5.74) is 1.15. The van der Waals surface area contributed by atoms with Crippen LogP contribution in [0.2, 0.25) is 0 Å². The lowest BCUT2D eigenvalue weighted by Gasteiger charge is -1.95. The lowest BCUT2D eigenvalue weighted by atomic mass is 10.2. The number of rotatable bonds is 0. The predicted octanol–water partition coefficient (Wildman–Crippen LogP) is 3.33. The summed E-state index contributed by atoms with van der Waals surface area (Å²) in [5.74, 6) is 0. The van der Waals surface area contributed by atoms with Crippen molar-refractivity contribution in [3.8, 4) is 0 Å². The van der Waals surface area contributed by atoms with Gasteiger partial charge in [-0.25, -0.2) is 0 Å². The highest BCUT2D eigenvalue weighted by Crippen LogP contribution is 2.26. The molecule has 0 unspecified atom stereocenters. The molecule has 14 heavy (non-hydrogen) atoms. The first kappa shape index (κ1) is 3.77. The predicted molar refractivity (Wildman–Crippen MR) is 60.4 cm³/mol. The van der Waals surface area contributed by atoms with Crippen molar-refractivity contribution in [1.82, 2.24) is 4.57 Å². The first-order valence-corrected chi connectivity index (χ1v) is 4.30. The average Bonchev–Trinajstić information content (AvgIpc) is 2.68. The van der Waals surface area contributed by atoms with Gasteiger partial charge in [-0.3, -0.25) is 0 Å². The average molecular weight is 187 g/mol. The largest absolute Gasteiger partial charge is 0.344 e. The van der Waals surface area contributed by atoms with Crippen LogP contribution in [-0.4, -0.2) is 4.57 Å². The molecule has 0 bridgehead atoms. The van der Waals surface area contributed by atoms with Crippen LogP contribution in [0.25, 0.3) is 21.8 Å². The molecule has 0 N–H and O–H groups in total. The number of fused-ring (bicyclic) bond motifs is 3. The zero-order chi connectivity index (χ0) is 14.8. The fourth-order valence-electron chi connectivity index (χ4n) is 1.72. The van der Waals surface area contributed by atoms with Gasteiger partial charge in [0.15, 0.2) is 0 Å². The Kier molecular flexibility index (Phi) is 0.704. The molecule has 0 radical (unpaired) electrons. The van der Waals surface area contributed by atoms with Crippen molar-refractivity contribution in [2.24, 2.45) is 7.05 Å². The van der Waals surface area contributed by atoms with E-state index in [2.05, 4.69) is 0 Å². The third-order valence-electron chi connectivity index (χ3n) is 2.42. The molecule has 3 rings (SSSR count). The van der Waals surface area contributed by atoms with E-state index in [9.17, 15) is 0 Å². The zero-order valence-corrected chi connectivity index (χ0v) is 7.60. The lowest BCUT2D eigenvalue weighted by Crippen LogP contribution is -1.84. The number of benzene rings is 2. The van der Waals surface area contributed by atoms with Crippen LogP contribution >= 0.6 is 0 Å². The molecule has 0 saturated heterocycles. The fraction of sp³-hybridized carbons (Fsp3) is 0.0769. The SMILES string of the molecule is [2H]c1cc2c(c([2H])c1[2H])c1c([2H])c([2H])c([2H])cc1n2C. The third kappa shape index (κ3) is 0.841. The number of nitrogens with zero attached hydrogens (tertiary/aromatic N) is 1. The van der Waals surface area contributed by atoms with Gasteiger partial charge in [-0.2, -0.15) is 0 Å². The van der Waals surface area contributed by atoms with Crippen LogP contribution in [0.4, 0.5) is 0 Å². The standard InChI is InChI=1S/C13H11N/c1-14-12-8-4-2-6-10(12)11-7-3-5-9-13(11)14/h2-9H,1H3/i2D,3D,4D,5D,6D,7D. The van der Waals surface area contributed by atoms with E-state index < -0.39 is 0 Å². The van der Waals surface area contributed by atoms with Gasteiger partial charge < -0.3 is 4.57 Å². The number of para-hydroxylation sites is 2. The molecule has 0 amide bonds. The number of hydrogen-bond acceptors (Lipinski definition) is 0. The van der Waals surface area contributed by atoms with Crippen molar-refractivity contribution >= 4 is 21.8 Å². The Hall–Kier alpha value is -1.76. The van der Waals surface area contributed by atoms with Gasteiger partial charge in [0.25, 0.3) is 0 Å². The maximum atomic E-state index is 8.03. The minimum absolute atomic E-state index is 0.0443. The molecule has 0 spiro atoms. The van der Waals surface area contributed by atoms with Crippen LogP contribution in [0.5, 0.6) is 0 Å². The summed E-state index contributed by atoms with van der Waals surface area (Å²) in [6.07, 6.45) is 0. The molecule has 3 aromatic rings. The second-order valence-electron chi connectivity index (χ2n) is 3.16. The Bertz CT molecular complexity index is 809. The van der Waals surface area contributed by atoms with E-state index in [-0.39, 0.29) is 36.3 Å². The Morgan fingerprint density at radius 3 is 1.93 bits per heavy atom. The van der Waals surface area contributed by atoms with Gasteiger partial charge in [0.05, 0.1) is 8.22 Å². The fourth-order valence-corrected chi connectivity index (χ4v) is 1.72. The Balaban J connectivity index is 2.71. The van der Waals surface area contributed by atoms with Crippen LogP contribution < -0.4 is 0 Å². The van der Waals surface area contributed by atoms with Crippen molar-refractivity contribution in [1.29, 1.82) is 0 Å². The summed E-state index contributed by atoms with van der Waals surface area (Å²) >= 11 is 0. The molecule has 0 atom stereocenters. The molecule has 1 heteroatoms. The summed E-state index contributed by atoms with van der Waals surface area (Å²) in [4.78, 5) is 0. The minimum Gasteiger partial charge on any atom is -0.344 e. The second-order valence-corrected chi connectivity index (χ2v) is 3.16. The summed E-state index contributed by atoms with van der Waals surface area (Å²) in [5, 5.41) is 0.809. The first-order chi connectivity index (χ1) is 9.34. The summed E-state index contributed by atoms with van der Waals surface area (Å²) < 4.78 is 48.7. The van der Waals surface area contributed by atoms with Gasteiger partial charge >= 0.3 is 0 Å². The first-order valence-electron chi connectivity index (χ1n) is 7.30. The molecule has 1 heterocycles. The zero-order valence-electron chi connectivity index (χ0n) is 13.6. The van der Waals surface area contributed by atoms with Crippen LogP contribution in [0.3, 0.4) is 0 Å². The van der Waals surface area contributed by atoms with Gasteiger partial charge in [-0.15, -0.1) is 0 Å². The van der Waals surface area contributed by atoms with E-state index in [4.69, 9.17) is 8.22 Å². The Labute approximate surface area is 91.0 Å². The number of aromatic nitrogens is 1. The molecule has 68 valence electrons. The lowest BCUT2D eigenvalue weighted by molar-refractivity contribution is 1.01. The van der Waals surface area contributed by atoms with Gasteiger partial charge in [-0.05, 0) is 12.1 Å². The molecule has 0 saturated carbocycles. The van der Waals surface area contributed by atoms with E-state index >= 15 is 0 Å². The van der Waals surface area contributed by atoms with Crippen molar-refractivity contribution in [3.63, 3.8) is 0 Å². The highest BCUT2D eigenvalue weighted by molar-refractivity contribution is 6.07. The molecule has 1 aromatic heterocycles. The summed E-state index contributed by atoms with van der Waals surface area (Å²) in [6.45, 7) is 0. The molecule has 1 nitrogen and oxygen atoms in total. The molecule has 2 aromatic carbocycles. The van der Waals surface area contributed by atoms with Gasteiger partial charge in [0.2, 0.25) is 0 Å². The van der Waals surface area contributed by atoms with E-state index in [1.807, 2.05) is 0 Å². The van der Waals surface area contributed by atoms with E-state index in [1.165, 1.54) is 12.1 Å². The van der Waals surface area contributed by atoms with E-state index in [0.717, 1.165) is 0 Å². The minimum atomic E-state index is -0.189. The summed E-state index contributed by atoms with van der Waals surface area (Å²) in [7, 11) is 1.73. The molecule has 0 aliphatic rings. The summed E-state index contributed by atoms with van der Waals surface area (Å²) in [6, 6.07) is 2.29. The smallest absolute Gasteiger partial charge is 0.0630 e. The van der Waals surface area contributed by atoms with Crippen molar-refractivity contribution in [3.05, 3.63) is 48.4 Å². The molecule has 0 aliphatic heterocycles. The molecule has 0 aliphatic carbocycles. The molecular formula is C13H11N. The third-order valence-corrected chi connectivity index (χ3v) is 2.42. The van der Waals surface area contributed by atoms with Crippen LogP contribution in [-0.2, 0) is 7.05 Å². The van der Waals surface area contributed by atoms with Gasteiger partial charge in [0.1, 0.15) is 0 Å². The number of aryl methyl sites for hydroxylation is 1. The highest BCUT2D eigenvalue weighted by Gasteiger charge is 2.04. The maximum absolute atomic E-state index is 8.03. The Morgan fingerprint density at radius 2 is 1.43 bits per heavy atom. The quantitative estimate of drug-likeness (QED) is 0.508. The number of hydrogen-bond donors (Lipinski definition) is 0. The normalized spacial score (nSPS) is 17.2. The van der Waals surface area contributed by atoms with Gasteiger partial charge in [0, 0.05) is 28.9 Å². The van der Waals surface area contributed by atoms with Crippen molar-refractivity contribution in [2.45, 2.75) is 0 Å². The van der Waals surface area contributed by atoms with Gasteiger partial charge in [-0.1, -0.05) is 36.3 Å². The highest BCUT2D eigenvalue weighted by atomic mass is 14.9. The maximum Gasteiger partial charge on any atom is 0.0630 e. The topological polar surface area (TPSA) is 4.93 Å². The van der Waals surface area contributed by atoms with Crippen LogP contribution in [0, 0.1) is 0 Å².